The Morgan fingerprint density at radius 3 is 2.19 bits per heavy atom. The Hall–Kier alpha value is -2.57. The molecule has 0 spiro atoms. The molecule has 0 bridgehead atoms. The first kappa shape index (κ1) is 24.1. The maximum atomic E-state index is 13.3. The van der Waals surface area contributed by atoms with Crippen LogP contribution in [0.5, 0.6) is 0 Å². The van der Waals surface area contributed by atoms with Crippen LogP contribution in [0.2, 0.25) is 5.02 Å². The summed E-state index contributed by atoms with van der Waals surface area (Å²) in [5, 5.41) is 3.42. The lowest BCUT2D eigenvalue weighted by Crippen LogP contribution is -2.55. The van der Waals surface area contributed by atoms with Gasteiger partial charge in [-0.1, -0.05) is 54.1 Å². The monoisotopic (exact) mass is 457 g/mol. The van der Waals surface area contributed by atoms with E-state index in [2.05, 4.69) is 22.3 Å². The van der Waals surface area contributed by atoms with Crippen LogP contribution in [0.4, 0.5) is 4.79 Å². The summed E-state index contributed by atoms with van der Waals surface area (Å²) in [6, 6.07) is 16.9. The van der Waals surface area contributed by atoms with Gasteiger partial charge in [-0.15, -0.1) is 0 Å². The van der Waals surface area contributed by atoms with Crippen molar-refractivity contribution in [2.75, 3.05) is 26.2 Å². The Morgan fingerprint density at radius 2 is 1.59 bits per heavy atom. The molecule has 1 aliphatic rings. The summed E-state index contributed by atoms with van der Waals surface area (Å²) in [5.74, 6) is -0.0924. The molecule has 1 N–H and O–H groups in total. The second kappa shape index (κ2) is 10.8. The molecule has 32 heavy (non-hydrogen) atoms. The van der Waals surface area contributed by atoms with E-state index in [-0.39, 0.29) is 5.91 Å². The maximum absolute atomic E-state index is 13.3. The Balaban J connectivity index is 1.63. The predicted octanol–water partition coefficient (Wildman–Crippen LogP) is 4.12. The second-order valence-corrected chi connectivity index (χ2v) is 9.55. The first-order chi connectivity index (χ1) is 15.2. The first-order valence-corrected chi connectivity index (χ1v) is 11.4. The number of halogens is 1. The average Bonchev–Trinajstić information content (AvgIpc) is 2.74. The van der Waals surface area contributed by atoms with Crippen LogP contribution in [0.1, 0.15) is 31.9 Å². The van der Waals surface area contributed by atoms with Crippen LogP contribution < -0.4 is 5.32 Å². The fourth-order valence-electron chi connectivity index (χ4n) is 3.69. The average molecular weight is 458 g/mol. The smallest absolute Gasteiger partial charge is 0.408 e. The van der Waals surface area contributed by atoms with Crippen molar-refractivity contribution >= 4 is 23.6 Å². The second-order valence-electron chi connectivity index (χ2n) is 9.12. The highest BCUT2D eigenvalue weighted by molar-refractivity contribution is 6.30. The highest BCUT2D eigenvalue weighted by atomic mass is 35.5. The van der Waals surface area contributed by atoms with Crippen molar-refractivity contribution in [1.82, 2.24) is 15.1 Å². The minimum Gasteiger partial charge on any atom is -0.444 e. The molecule has 7 heteroatoms. The highest BCUT2D eigenvalue weighted by Gasteiger charge is 2.30. The SMILES string of the molecule is CC(C)(C)OC(=O)NC(Cc1ccc(Cl)cc1)C(=O)N1CCN(Cc2ccccc2)CC1. The van der Waals surface area contributed by atoms with Crippen molar-refractivity contribution in [3.8, 4) is 0 Å². The van der Waals surface area contributed by atoms with Gasteiger partial charge in [0.25, 0.3) is 0 Å². The summed E-state index contributed by atoms with van der Waals surface area (Å²) in [4.78, 5) is 29.9. The standard InChI is InChI=1S/C25H32ClN3O3/c1-25(2,3)32-24(31)27-22(17-19-9-11-21(26)12-10-19)23(30)29-15-13-28(14-16-29)18-20-7-5-4-6-8-20/h4-12,22H,13-18H2,1-3H3,(H,27,31). The molecule has 1 unspecified atom stereocenters. The maximum Gasteiger partial charge on any atom is 0.408 e. The lowest BCUT2D eigenvalue weighted by Gasteiger charge is -2.36. The number of nitrogens with one attached hydrogen (secondary N) is 1. The number of hydrogen-bond donors (Lipinski definition) is 1. The third-order valence-electron chi connectivity index (χ3n) is 5.28. The zero-order chi connectivity index (χ0) is 23.1. The normalized spacial score (nSPS) is 15.8. The number of ether oxygens (including phenoxy) is 1. The molecule has 2 aromatic carbocycles. The van der Waals surface area contributed by atoms with Crippen molar-refractivity contribution < 1.29 is 14.3 Å². The van der Waals surface area contributed by atoms with E-state index in [9.17, 15) is 9.59 Å². The molecular formula is C25H32ClN3O3. The number of piperazine rings is 1. The van der Waals surface area contributed by atoms with E-state index in [1.54, 1.807) is 32.9 Å². The van der Waals surface area contributed by atoms with E-state index in [1.807, 2.05) is 35.2 Å². The van der Waals surface area contributed by atoms with Crippen LogP contribution in [-0.2, 0) is 22.5 Å². The van der Waals surface area contributed by atoms with Crippen LogP contribution in [0, 0.1) is 0 Å². The number of carbonyl (C=O) groups is 2. The van der Waals surface area contributed by atoms with Gasteiger partial charge in [0.05, 0.1) is 0 Å². The van der Waals surface area contributed by atoms with Crippen LogP contribution in [0.3, 0.4) is 0 Å². The van der Waals surface area contributed by atoms with Crippen molar-refractivity contribution in [1.29, 1.82) is 0 Å². The van der Waals surface area contributed by atoms with Gasteiger partial charge in [0.2, 0.25) is 5.91 Å². The van der Waals surface area contributed by atoms with E-state index in [4.69, 9.17) is 16.3 Å². The van der Waals surface area contributed by atoms with Gasteiger partial charge in [-0.05, 0) is 44.0 Å². The number of benzene rings is 2. The molecule has 1 aliphatic heterocycles. The summed E-state index contributed by atoms with van der Waals surface area (Å²) >= 11 is 5.99. The third kappa shape index (κ3) is 7.53. The fourth-order valence-corrected chi connectivity index (χ4v) is 3.82. The van der Waals surface area contributed by atoms with Gasteiger partial charge < -0.3 is 15.0 Å². The molecule has 1 heterocycles. The van der Waals surface area contributed by atoms with E-state index in [0.29, 0.717) is 24.5 Å². The molecule has 172 valence electrons. The van der Waals surface area contributed by atoms with E-state index >= 15 is 0 Å². The van der Waals surface area contributed by atoms with Gasteiger partial charge in [0.1, 0.15) is 11.6 Å². The van der Waals surface area contributed by atoms with Crippen molar-refractivity contribution in [2.45, 2.75) is 45.4 Å². The zero-order valence-corrected chi connectivity index (χ0v) is 19.8. The third-order valence-corrected chi connectivity index (χ3v) is 5.53. The van der Waals surface area contributed by atoms with Crippen LogP contribution >= 0.6 is 11.6 Å². The van der Waals surface area contributed by atoms with E-state index < -0.39 is 17.7 Å². The van der Waals surface area contributed by atoms with Crippen molar-refractivity contribution in [2.24, 2.45) is 0 Å². The minimum atomic E-state index is -0.702. The number of nitrogens with zero attached hydrogens (tertiary/aromatic N) is 2. The zero-order valence-electron chi connectivity index (χ0n) is 19.0. The topological polar surface area (TPSA) is 61.9 Å². The largest absolute Gasteiger partial charge is 0.444 e. The molecule has 1 fully saturated rings. The molecule has 0 radical (unpaired) electrons. The van der Waals surface area contributed by atoms with Gasteiger partial charge in [0, 0.05) is 44.2 Å². The highest BCUT2D eigenvalue weighted by Crippen LogP contribution is 2.15. The van der Waals surface area contributed by atoms with Gasteiger partial charge >= 0.3 is 6.09 Å². The molecule has 0 aliphatic carbocycles. The molecule has 2 aromatic rings. The summed E-state index contributed by atoms with van der Waals surface area (Å²) in [6.07, 6.45) is -0.216. The summed E-state index contributed by atoms with van der Waals surface area (Å²) < 4.78 is 5.40. The molecule has 3 rings (SSSR count). The Labute approximate surface area is 195 Å². The summed E-state index contributed by atoms with van der Waals surface area (Å²) in [6.45, 7) is 9.10. The number of rotatable bonds is 6. The quantitative estimate of drug-likeness (QED) is 0.708. The molecule has 2 amide bonds. The summed E-state index contributed by atoms with van der Waals surface area (Å²) in [5.41, 5.74) is 1.55. The molecule has 0 aromatic heterocycles. The lowest BCUT2D eigenvalue weighted by molar-refractivity contribution is -0.135. The fraction of sp³-hybridized carbons (Fsp3) is 0.440. The molecular weight excluding hydrogens is 426 g/mol. The Bertz CT molecular complexity index is 889. The van der Waals surface area contributed by atoms with Crippen LogP contribution in [0.25, 0.3) is 0 Å². The molecule has 1 saturated heterocycles. The molecule has 1 atom stereocenters. The predicted molar refractivity (Wildman–Crippen MR) is 127 cm³/mol. The molecule has 0 saturated carbocycles. The number of hydrogen-bond acceptors (Lipinski definition) is 4. The van der Waals surface area contributed by atoms with Gasteiger partial charge in [-0.3, -0.25) is 9.69 Å². The van der Waals surface area contributed by atoms with Crippen LogP contribution in [0.15, 0.2) is 54.6 Å². The lowest BCUT2D eigenvalue weighted by atomic mass is 10.0. The summed E-state index contributed by atoms with van der Waals surface area (Å²) in [7, 11) is 0. The van der Waals surface area contributed by atoms with Crippen molar-refractivity contribution in [3.63, 3.8) is 0 Å². The first-order valence-electron chi connectivity index (χ1n) is 11.0. The van der Waals surface area contributed by atoms with Gasteiger partial charge in [-0.2, -0.15) is 0 Å². The Kier molecular flexibility index (Phi) is 8.15. The van der Waals surface area contributed by atoms with Crippen molar-refractivity contribution in [3.05, 3.63) is 70.7 Å². The van der Waals surface area contributed by atoms with Crippen LogP contribution in [-0.4, -0.2) is 59.6 Å². The number of alkyl carbamates (subject to hydrolysis) is 1. The minimum absolute atomic E-state index is 0.0924. The van der Waals surface area contributed by atoms with Gasteiger partial charge in [-0.25, -0.2) is 4.79 Å². The number of amides is 2. The van der Waals surface area contributed by atoms with E-state index in [0.717, 1.165) is 25.2 Å². The number of carbonyl (C=O) groups excluding carboxylic acids is 2. The molecule has 6 nitrogen and oxygen atoms in total. The van der Waals surface area contributed by atoms with E-state index in [1.165, 1.54) is 5.56 Å². The Morgan fingerprint density at radius 1 is 0.969 bits per heavy atom. The van der Waals surface area contributed by atoms with Gasteiger partial charge in [0.15, 0.2) is 0 Å².